The molecule has 2 unspecified atom stereocenters. The van der Waals surface area contributed by atoms with Crippen molar-refractivity contribution in [2.45, 2.75) is 45.1 Å². The summed E-state index contributed by atoms with van der Waals surface area (Å²) in [6, 6.07) is 3.47. The van der Waals surface area contributed by atoms with Crippen molar-refractivity contribution in [1.82, 2.24) is 10.3 Å². The van der Waals surface area contributed by atoms with Gasteiger partial charge in [-0.1, -0.05) is 6.42 Å². The Bertz CT molecular complexity index is 697. The maximum Gasteiger partial charge on any atom is 0.339 e. The van der Waals surface area contributed by atoms with Crippen LogP contribution in [0.5, 0.6) is 0 Å². The highest BCUT2D eigenvalue weighted by molar-refractivity contribution is 5.93. The Labute approximate surface area is 147 Å². The Hall–Kier alpha value is -2.11. The fourth-order valence-electron chi connectivity index (χ4n) is 4.08. The molecule has 0 aromatic carbocycles. The number of aryl methyl sites for hydroxylation is 1. The Kier molecular flexibility index (Phi) is 4.13. The van der Waals surface area contributed by atoms with Gasteiger partial charge in [-0.3, -0.25) is 4.79 Å². The van der Waals surface area contributed by atoms with Crippen LogP contribution < -0.4 is 10.2 Å². The molecule has 25 heavy (non-hydrogen) atoms. The highest BCUT2D eigenvalue weighted by Gasteiger charge is 2.44. The van der Waals surface area contributed by atoms with Crippen molar-refractivity contribution >= 4 is 17.7 Å². The van der Waals surface area contributed by atoms with Crippen LogP contribution >= 0.6 is 0 Å². The van der Waals surface area contributed by atoms with E-state index in [1.165, 1.54) is 12.8 Å². The van der Waals surface area contributed by atoms with Crippen LogP contribution in [0.4, 0.5) is 5.82 Å². The number of carbonyl (C=O) groups excluding carboxylic acids is 1. The van der Waals surface area contributed by atoms with E-state index in [1.807, 2.05) is 6.92 Å². The fourth-order valence-corrected chi connectivity index (χ4v) is 4.08. The minimum absolute atomic E-state index is 0.101. The predicted octanol–water partition coefficient (Wildman–Crippen LogP) is 2.22. The zero-order valence-electron chi connectivity index (χ0n) is 14.6. The molecular formula is C19H25N3O3. The lowest BCUT2D eigenvalue weighted by atomic mass is 9.84. The Balaban J connectivity index is 1.55. The summed E-state index contributed by atoms with van der Waals surface area (Å²) in [5.41, 5.74) is 1.05. The van der Waals surface area contributed by atoms with E-state index in [1.54, 1.807) is 12.1 Å². The number of hydrogen-bond acceptors (Lipinski definition) is 4. The van der Waals surface area contributed by atoms with Crippen LogP contribution in [0.25, 0.3) is 0 Å². The first-order valence-corrected chi connectivity index (χ1v) is 9.29. The van der Waals surface area contributed by atoms with Crippen LogP contribution in [0.1, 0.15) is 48.2 Å². The molecule has 0 bridgehead atoms. The van der Waals surface area contributed by atoms with Gasteiger partial charge in [0.05, 0.1) is 6.04 Å². The quantitative estimate of drug-likeness (QED) is 0.857. The van der Waals surface area contributed by atoms with Gasteiger partial charge in [0.2, 0.25) is 5.91 Å². The minimum atomic E-state index is -0.951. The lowest BCUT2D eigenvalue weighted by molar-refractivity contribution is -0.128. The number of aromatic nitrogens is 1. The van der Waals surface area contributed by atoms with E-state index in [4.69, 9.17) is 0 Å². The van der Waals surface area contributed by atoms with Crippen LogP contribution in [0.3, 0.4) is 0 Å². The topological polar surface area (TPSA) is 82.5 Å². The number of carbonyl (C=O) groups is 2. The third-order valence-corrected chi connectivity index (χ3v) is 5.94. The summed E-state index contributed by atoms with van der Waals surface area (Å²) in [5.74, 6) is 0.994. The van der Waals surface area contributed by atoms with Gasteiger partial charge >= 0.3 is 5.97 Å². The number of nitrogens with zero attached hydrogens (tertiary/aromatic N) is 2. The van der Waals surface area contributed by atoms with Crippen molar-refractivity contribution < 1.29 is 14.7 Å². The van der Waals surface area contributed by atoms with E-state index in [-0.39, 0.29) is 23.4 Å². The van der Waals surface area contributed by atoms with Gasteiger partial charge in [-0.2, -0.15) is 0 Å². The lowest BCUT2D eigenvalue weighted by Crippen LogP contribution is -2.45. The summed E-state index contributed by atoms with van der Waals surface area (Å²) >= 11 is 0. The van der Waals surface area contributed by atoms with Crippen molar-refractivity contribution in [3.63, 3.8) is 0 Å². The molecule has 6 nitrogen and oxygen atoms in total. The van der Waals surface area contributed by atoms with Crippen LogP contribution in [0.15, 0.2) is 12.1 Å². The largest absolute Gasteiger partial charge is 0.478 e. The summed E-state index contributed by atoms with van der Waals surface area (Å²) in [6.45, 7) is 3.30. The average Bonchev–Trinajstić information content (AvgIpc) is 3.26. The third kappa shape index (κ3) is 3.22. The van der Waals surface area contributed by atoms with Crippen LogP contribution in [-0.2, 0) is 4.79 Å². The van der Waals surface area contributed by atoms with Crippen molar-refractivity contribution in [3.05, 3.63) is 23.4 Å². The molecule has 2 N–H and O–H groups in total. The summed E-state index contributed by atoms with van der Waals surface area (Å²) in [6.07, 6.45) is 5.57. The maximum absolute atomic E-state index is 12.4. The number of amides is 1. The normalized spacial score (nSPS) is 26.4. The smallest absolute Gasteiger partial charge is 0.339 e. The molecule has 6 heteroatoms. The third-order valence-electron chi connectivity index (χ3n) is 5.94. The fraction of sp³-hybridized carbons (Fsp3) is 0.632. The number of aromatic carboxylic acids is 1. The maximum atomic E-state index is 12.4. The first-order chi connectivity index (χ1) is 12.0. The Morgan fingerprint density at radius 1 is 1.20 bits per heavy atom. The molecule has 134 valence electrons. The van der Waals surface area contributed by atoms with Crippen LogP contribution in [-0.4, -0.2) is 41.1 Å². The molecule has 1 aromatic heterocycles. The monoisotopic (exact) mass is 343 g/mol. The number of pyridine rings is 1. The molecular weight excluding hydrogens is 318 g/mol. The number of nitrogens with one attached hydrogen (secondary N) is 1. The van der Waals surface area contributed by atoms with Crippen molar-refractivity contribution in [2.24, 2.45) is 17.8 Å². The molecule has 1 amide bonds. The molecule has 4 rings (SSSR count). The number of carboxylic acid groups (broad SMARTS) is 1. The molecule has 2 atom stereocenters. The van der Waals surface area contributed by atoms with Gasteiger partial charge in [0.15, 0.2) is 0 Å². The highest BCUT2D eigenvalue weighted by atomic mass is 16.4. The van der Waals surface area contributed by atoms with Gasteiger partial charge in [-0.05, 0) is 50.7 Å². The van der Waals surface area contributed by atoms with E-state index in [2.05, 4.69) is 15.2 Å². The van der Waals surface area contributed by atoms with Crippen molar-refractivity contribution in [3.8, 4) is 0 Å². The Morgan fingerprint density at radius 3 is 2.56 bits per heavy atom. The van der Waals surface area contributed by atoms with E-state index in [9.17, 15) is 14.7 Å². The summed E-state index contributed by atoms with van der Waals surface area (Å²) in [7, 11) is 0. The van der Waals surface area contributed by atoms with Crippen LogP contribution in [0, 0.1) is 24.7 Å². The number of rotatable bonds is 5. The molecule has 3 aliphatic rings. The lowest BCUT2D eigenvalue weighted by Gasteiger charge is -2.27. The molecule has 3 fully saturated rings. The molecule has 1 saturated heterocycles. The first kappa shape index (κ1) is 16.4. The van der Waals surface area contributed by atoms with Gasteiger partial charge in [-0.15, -0.1) is 0 Å². The number of anilines is 1. The van der Waals surface area contributed by atoms with Gasteiger partial charge in [-0.25, -0.2) is 9.78 Å². The van der Waals surface area contributed by atoms with Crippen molar-refractivity contribution in [1.29, 1.82) is 0 Å². The predicted molar refractivity (Wildman–Crippen MR) is 93.6 cm³/mol. The minimum Gasteiger partial charge on any atom is -0.478 e. The highest BCUT2D eigenvalue weighted by Crippen LogP contribution is 2.43. The molecule has 1 aromatic rings. The molecule has 0 spiro atoms. The SMILES string of the molecule is Cc1ccc(C(=O)O)c(N2CC(NC(=O)C3CCC3)C(C3CC3)C2)n1. The molecule has 1 aliphatic heterocycles. The molecule has 2 saturated carbocycles. The van der Waals surface area contributed by atoms with Gasteiger partial charge in [0.25, 0.3) is 0 Å². The second-order valence-electron chi connectivity index (χ2n) is 7.78. The summed E-state index contributed by atoms with van der Waals surface area (Å²) < 4.78 is 0. The van der Waals surface area contributed by atoms with Gasteiger partial charge in [0, 0.05) is 30.6 Å². The van der Waals surface area contributed by atoms with Crippen molar-refractivity contribution in [2.75, 3.05) is 18.0 Å². The van der Waals surface area contributed by atoms with E-state index in [0.29, 0.717) is 24.2 Å². The van der Waals surface area contributed by atoms with E-state index >= 15 is 0 Å². The Morgan fingerprint density at radius 2 is 1.96 bits per heavy atom. The second kappa shape index (κ2) is 6.32. The standard InChI is InChI=1S/C19H25N3O3/c1-11-5-8-14(19(24)25)17(20-11)22-9-15(12-6-7-12)16(10-22)21-18(23)13-3-2-4-13/h5,8,12-13,15-16H,2-4,6-7,9-10H2,1H3,(H,21,23)(H,24,25). The first-order valence-electron chi connectivity index (χ1n) is 9.29. The van der Waals surface area contributed by atoms with E-state index in [0.717, 1.165) is 31.5 Å². The van der Waals surface area contributed by atoms with Crippen LogP contribution in [0.2, 0.25) is 0 Å². The average molecular weight is 343 g/mol. The molecule has 2 heterocycles. The van der Waals surface area contributed by atoms with E-state index < -0.39 is 5.97 Å². The zero-order chi connectivity index (χ0) is 17.6. The summed E-state index contributed by atoms with van der Waals surface area (Å²) in [5, 5.41) is 12.8. The van der Waals surface area contributed by atoms with Gasteiger partial charge in [0.1, 0.15) is 11.4 Å². The number of hydrogen-bond donors (Lipinski definition) is 2. The second-order valence-corrected chi connectivity index (χ2v) is 7.78. The number of carboxylic acids is 1. The molecule has 0 radical (unpaired) electrons. The zero-order valence-corrected chi connectivity index (χ0v) is 14.6. The molecule has 2 aliphatic carbocycles. The van der Waals surface area contributed by atoms with Gasteiger partial charge < -0.3 is 15.3 Å². The summed E-state index contributed by atoms with van der Waals surface area (Å²) in [4.78, 5) is 30.5.